The molecule has 4 nitrogen and oxygen atoms in total. The Labute approximate surface area is 237 Å². The molecule has 0 aliphatic rings. The topological polar surface area (TPSA) is 38.8 Å². The maximum Gasteiger partial charge on any atom is 0.257 e. The fourth-order valence-electron chi connectivity index (χ4n) is 4.46. The van der Waals surface area contributed by atoms with Gasteiger partial charge in [-0.05, 0) is 64.9 Å². The van der Waals surface area contributed by atoms with E-state index in [4.69, 9.17) is 9.47 Å². The summed E-state index contributed by atoms with van der Waals surface area (Å²) in [5.74, 6) is 1.28. The van der Waals surface area contributed by atoms with Gasteiger partial charge in [0.15, 0.2) is 0 Å². The van der Waals surface area contributed by atoms with Crippen molar-refractivity contribution in [2.45, 2.75) is 20.1 Å². The molecule has 0 N–H and O–H groups in total. The Balaban J connectivity index is 1.42. The molecule has 5 rings (SSSR count). The molecule has 5 aromatic rings. The smallest absolute Gasteiger partial charge is 0.257 e. The quantitative estimate of drug-likeness (QED) is 0.185. The third-order valence-corrected chi connectivity index (χ3v) is 7.15. The largest absolute Gasteiger partial charge is 0.489 e. The lowest BCUT2D eigenvalue weighted by Gasteiger charge is -2.20. The SMILES string of the molecule is Cc1ccc(COc2ccc(COc3c(C(=O)N(C)C)cc(-c4ccc(Br)cc4)c4ccccc34)cc2)cc1. The summed E-state index contributed by atoms with van der Waals surface area (Å²) < 4.78 is 13.4. The average Bonchev–Trinajstić information content (AvgIpc) is 2.96. The Morgan fingerprint density at radius 3 is 1.97 bits per heavy atom. The van der Waals surface area contributed by atoms with E-state index in [1.54, 1.807) is 19.0 Å². The molecule has 0 saturated carbocycles. The summed E-state index contributed by atoms with van der Waals surface area (Å²) in [7, 11) is 3.52. The lowest BCUT2D eigenvalue weighted by Crippen LogP contribution is -2.22. The number of hydrogen-bond donors (Lipinski definition) is 0. The summed E-state index contributed by atoms with van der Waals surface area (Å²) >= 11 is 3.52. The summed E-state index contributed by atoms with van der Waals surface area (Å²) in [6, 6.07) is 34.4. The van der Waals surface area contributed by atoms with E-state index in [9.17, 15) is 4.79 Å². The summed E-state index contributed by atoms with van der Waals surface area (Å²) in [6.07, 6.45) is 0. The number of carbonyl (C=O) groups excluding carboxylic acids is 1. The third-order valence-electron chi connectivity index (χ3n) is 6.62. The molecule has 5 heteroatoms. The minimum atomic E-state index is -0.103. The fraction of sp³-hybridized carbons (Fsp3) is 0.147. The highest BCUT2D eigenvalue weighted by atomic mass is 79.9. The second-order valence-corrected chi connectivity index (χ2v) is 10.7. The molecular formula is C34H30BrNO3. The zero-order chi connectivity index (χ0) is 27.4. The molecule has 0 fully saturated rings. The van der Waals surface area contributed by atoms with Crippen molar-refractivity contribution in [3.05, 3.63) is 130 Å². The Hall–Kier alpha value is -4.09. The van der Waals surface area contributed by atoms with Crippen LogP contribution in [0, 0.1) is 6.92 Å². The number of hydrogen-bond acceptors (Lipinski definition) is 3. The van der Waals surface area contributed by atoms with E-state index >= 15 is 0 Å². The van der Waals surface area contributed by atoms with Crippen LogP contribution < -0.4 is 9.47 Å². The standard InChI is InChI=1S/C34H30BrNO3/c1-23-8-10-24(11-9-23)21-38-28-18-12-25(13-19-28)22-39-33-30-7-5-4-6-29(30)31(20-32(33)34(37)36(2)3)26-14-16-27(35)17-15-26/h4-20H,21-22H2,1-3H3. The molecule has 0 aliphatic carbocycles. The molecular weight excluding hydrogens is 550 g/mol. The minimum Gasteiger partial charge on any atom is -0.489 e. The van der Waals surface area contributed by atoms with Gasteiger partial charge in [0, 0.05) is 24.0 Å². The Bertz CT molecular complexity index is 1590. The number of amides is 1. The van der Waals surface area contributed by atoms with E-state index in [0.717, 1.165) is 43.2 Å². The fourth-order valence-corrected chi connectivity index (χ4v) is 4.72. The molecule has 0 aliphatic heterocycles. The zero-order valence-electron chi connectivity index (χ0n) is 22.3. The predicted molar refractivity (Wildman–Crippen MR) is 161 cm³/mol. The molecule has 0 saturated heterocycles. The van der Waals surface area contributed by atoms with Gasteiger partial charge < -0.3 is 14.4 Å². The van der Waals surface area contributed by atoms with Gasteiger partial charge in [0.2, 0.25) is 0 Å². The van der Waals surface area contributed by atoms with Crippen LogP contribution in [-0.4, -0.2) is 24.9 Å². The van der Waals surface area contributed by atoms with E-state index in [2.05, 4.69) is 65.3 Å². The van der Waals surface area contributed by atoms with E-state index in [-0.39, 0.29) is 5.91 Å². The van der Waals surface area contributed by atoms with Crippen molar-refractivity contribution in [3.8, 4) is 22.6 Å². The first-order chi connectivity index (χ1) is 18.9. The van der Waals surface area contributed by atoms with Crippen molar-refractivity contribution in [2.24, 2.45) is 0 Å². The lowest BCUT2D eigenvalue weighted by atomic mass is 9.94. The van der Waals surface area contributed by atoms with Crippen molar-refractivity contribution < 1.29 is 14.3 Å². The highest BCUT2D eigenvalue weighted by Gasteiger charge is 2.21. The number of carbonyl (C=O) groups is 1. The first-order valence-electron chi connectivity index (χ1n) is 12.8. The summed E-state index contributed by atoms with van der Waals surface area (Å²) in [4.78, 5) is 14.9. The van der Waals surface area contributed by atoms with E-state index in [1.165, 1.54) is 5.56 Å². The van der Waals surface area contributed by atoms with E-state index in [0.29, 0.717) is 24.5 Å². The lowest BCUT2D eigenvalue weighted by molar-refractivity contribution is 0.0823. The van der Waals surface area contributed by atoms with Crippen LogP contribution in [0.5, 0.6) is 11.5 Å². The van der Waals surface area contributed by atoms with Crippen molar-refractivity contribution in [1.29, 1.82) is 0 Å². The van der Waals surface area contributed by atoms with Crippen LogP contribution in [0.15, 0.2) is 108 Å². The minimum absolute atomic E-state index is 0.103. The second kappa shape index (κ2) is 11.7. The maximum atomic E-state index is 13.3. The van der Waals surface area contributed by atoms with Gasteiger partial charge in [0.1, 0.15) is 24.7 Å². The first-order valence-corrected chi connectivity index (χ1v) is 13.6. The van der Waals surface area contributed by atoms with Gasteiger partial charge in [-0.3, -0.25) is 4.79 Å². The first kappa shape index (κ1) is 26.5. The van der Waals surface area contributed by atoms with Crippen molar-refractivity contribution in [1.82, 2.24) is 4.90 Å². The van der Waals surface area contributed by atoms with Crippen molar-refractivity contribution in [2.75, 3.05) is 14.1 Å². The van der Waals surface area contributed by atoms with Crippen LogP contribution in [0.25, 0.3) is 21.9 Å². The Morgan fingerprint density at radius 1 is 0.744 bits per heavy atom. The summed E-state index contributed by atoms with van der Waals surface area (Å²) in [6.45, 7) is 2.92. The van der Waals surface area contributed by atoms with Gasteiger partial charge in [0.05, 0.1) is 5.56 Å². The molecule has 0 spiro atoms. The van der Waals surface area contributed by atoms with Crippen LogP contribution >= 0.6 is 15.9 Å². The molecule has 39 heavy (non-hydrogen) atoms. The molecule has 5 aromatic carbocycles. The van der Waals surface area contributed by atoms with Crippen LogP contribution in [0.1, 0.15) is 27.0 Å². The highest BCUT2D eigenvalue weighted by molar-refractivity contribution is 9.10. The number of rotatable bonds is 8. The molecule has 1 amide bonds. The number of benzene rings is 5. The molecule has 196 valence electrons. The monoisotopic (exact) mass is 579 g/mol. The molecule has 0 unspecified atom stereocenters. The normalized spacial score (nSPS) is 10.9. The van der Waals surface area contributed by atoms with Crippen molar-refractivity contribution >= 4 is 32.6 Å². The summed E-state index contributed by atoms with van der Waals surface area (Å²) in [5.41, 5.74) is 5.91. The molecule has 0 atom stereocenters. The third kappa shape index (κ3) is 6.15. The maximum absolute atomic E-state index is 13.3. The number of halogens is 1. The van der Waals surface area contributed by atoms with Crippen LogP contribution in [0.3, 0.4) is 0 Å². The second-order valence-electron chi connectivity index (χ2n) is 9.76. The number of ether oxygens (including phenoxy) is 2. The summed E-state index contributed by atoms with van der Waals surface area (Å²) in [5, 5.41) is 1.94. The van der Waals surface area contributed by atoms with Crippen LogP contribution in [-0.2, 0) is 13.2 Å². The highest BCUT2D eigenvalue weighted by Crippen LogP contribution is 2.39. The zero-order valence-corrected chi connectivity index (χ0v) is 23.9. The molecule has 0 aromatic heterocycles. The average molecular weight is 581 g/mol. The van der Waals surface area contributed by atoms with Crippen molar-refractivity contribution in [3.63, 3.8) is 0 Å². The van der Waals surface area contributed by atoms with Gasteiger partial charge in [-0.15, -0.1) is 0 Å². The molecule has 0 bridgehead atoms. The number of nitrogens with zero attached hydrogens (tertiary/aromatic N) is 1. The Morgan fingerprint density at radius 2 is 1.33 bits per heavy atom. The van der Waals surface area contributed by atoms with Gasteiger partial charge in [-0.25, -0.2) is 0 Å². The van der Waals surface area contributed by atoms with Crippen LogP contribution in [0.2, 0.25) is 0 Å². The number of aryl methyl sites for hydroxylation is 1. The molecule has 0 heterocycles. The van der Waals surface area contributed by atoms with Crippen LogP contribution in [0.4, 0.5) is 0 Å². The van der Waals surface area contributed by atoms with Gasteiger partial charge >= 0.3 is 0 Å². The number of fused-ring (bicyclic) bond motifs is 1. The van der Waals surface area contributed by atoms with Gasteiger partial charge in [0.25, 0.3) is 5.91 Å². The Kier molecular flexibility index (Phi) is 7.99. The van der Waals surface area contributed by atoms with E-state index < -0.39 is 0 Å². The van der Waals surface area contributed by atoms with E-state index in [1.807, 2.05) is 60.7 Å². The molecule has 0 radical (unpaired) electrons. The predicted octanol–water partition coefficient (Wildman–Crippen LogP) is 8.44. The van der Waals surface area contributed by atoms with Gasteiger partial charge in [-0.2, -0.15) is 0 Å². The van der Waals surface area contributed by atoms with Gasteiger partial charge in [-0.1, -0.05) is 94.3 Å².